The molecule has 3 N–H and O–H groups in total. The maximum Gasteiger partial charge on any atom is 0.407 e. The molecule has 0 bridgehead atoms. The summed E-state index contributed by atoms with van der Waals surface area (Å²) in [5, 5.41) is 10.9. The van der Waals surface area contributed by atoms with Crippen LogP contribution in [0.15, 0.2) is 62.3 Å². The number of aromatic nitrogens is 2. The van der Waals surface area contributed by atoms with E-state index in [0.29, 0.717) is 13.2 Å². The molecule has 3 aliphatic heterocycles. The van der Waals surface area contributed by atoms with Crippen molar-refractivity contribution in [2.45, 2.75) is 39.5 Å². The van der Waals surface area contributed by atoms with Crippen molar-refractivity contribution in [1.82, 2.24) is 20.9 Å². The number of unbranched alkanes of at least 4 members (excludes halogenated alkanes) is 2. The van der Waals surface area contributed by atoms with Gasteiger partial charge in [-0.15, -0.1) is 6.58 Å². The van der Waals surface area contributed by atoms with Crippen molar-refractivity contribution < 1.29 is 28.1 Å². The summed E-state index contributed by atoms with van der Waals surface area (Å²) in [6, 6.07) is 3.03. The monoisotopic (exact) mass is 531 g/mol. The second-order valence-electron chi connectivity index (χ2n) is 6.66. The van der Waals surface area contributed by atoms with Crippen LogP contribution in [-0.2, 0) is 14.2 Å². The first-order valence-corrected chi connectivity index (χ1v) is 11.6. The van der Waals surface area contributed by atoms with Crippen molar-refractivity contribution in [3.63, 3.8) is 0 Å². The molecule has 5 heterocycles. The lowest BCUT2D eigenvalue weighted by Crippen LogP contribution is -2.11. The number of alkyl carbamates (subject to hydrolysis) is 1. The second-order valence-corrected chi connectivity index (χ2v) is 6.66. The van der Waals surface area contributed by atoms with Gasteiger partial charge in [-0.25, -0.2) is 4.79 Å². The summed E-state index contributed by atoms with van der Waals surface area (Å²) in [7, 11) is 0. The molecule has 36 heavy (non-hydrogen) atoms. The number of carbonyl (C=O) groups excluding carboxylic acids is 1. The summed E-state index contributed by atoms with van der Waals surface area (Å²) in [4.78, 5) is 23.9. The molecular weight excluding hydrogens is 490 g/mol. The number of aliphatic imine (C=N–C) groups is 1. The molecule has 2 aromatic heterocycles. The fraction of sp³-hybridized carbons (Fsp3) is 0.565. The molecule has 2 aromatic rings. The standard InChI is InChI=1S/C6H9NO.C5H12.C3H5NO2.C3H3NO2.C3H7NO.C3H3NO.H2S/c1-2-3-6-7-4-5-8-6;1-3-5-4-2;5-3-4-1-2-6-3;5-3-1-2-6-4-3;1-2-5-3-4-1;1-2-4-5-3-1;/h2H,1,3-5H2;3-5H2,1-2H3;1-2H2,(H,4,5);1-2H,(H,4,5);4H,1-3H2;1-3H;1H2. The Bertz CT molecular complexity index is 741. The number of hydrogen-bond donors (Lipinski definition) is 3. The molecule has 2 saturated heterocycles. The largest absolute Gasteiger partial charge is 0.479 e. The van der Waals surface area contributed by atoms with E-state index in [1.807, 2.05) is 0 Å². The Morgan fingerprint density at radius 2 is 1.89 bits per heavy atom. The Balaban J connectivity index is 0. The van der Waals surface area contributed by atoms with Gasteiger partial charge in [0.05, 0.1) is 32.6 Å². The van der Waals surface area contributed by atoms with Crippen molar-refractivity contribution >= 4 is 25.5 Å². The minimum atomic E-state index is -0.296. The minimum Gasteiger partial charge on any atom is -0.479 e. The van der Waals surface area contributed by atoms with Gasteiger partial charge in [-0.3, -0.25) is 15.1 Å². The van der Waals surface area contributed by atoms with Crippen LogP contribution in [0.5, 0.6) is 0 Å². The van der Waals surface area contributed by atoms with E-state index in [2.05, 4.69) is 60.1 Å². The fourth-order valence-corrected chi connectivity index (χ4v) is 2.09. The molecule has 3 aliphatic rings. The molecule has 12 nitrogen and oxygen atoms in total. The first kappa shape index (κ1) is 35.1. The van der Waals surface area contributed by atoms with Gasteiger partial charge in [0.2, 0.25) is 0 Å². The van der Waals surface area contributed by atoms with Gasteiger partial charge in [-0.05, 0) is 6.07 Å². The highest BCUT2D eigenvalue weighted by Crippen LogP contribution is 1.97. The number of H-pyrrole nitrogens is 1. The van der Waals surface area contributed by atoms with Gasteiger partial charge >= 0.3 is 6.09 Å². The first-order valence-electron chi connectivity index (χ1n) is 11.6. The number of rotatable bonds is 4. The fourth-order valence-electron chi connectivity index (χ4n) is 2.09. The van der Waals surface area contributed by atoms with Crippen LogP contribution in [0.1, 0.15) is 39.5 Å². The maximum absolute atomic E-state index is 9.92. The van der Waals surface area contributed by atoms with Gasteiger partial charge in [0.1, 0.15) is 25.7 Å². The third-order valence-electron chi connectivity index (χ3n) is 3.70. The highest BCUT2D eigenvalue weighted by Gasteiger charge is 2.06. The highest BCUT2D eigenvalue weighted by atomic mass is 32.1. The molecule has 0 atom stereocenters. The second kappa shape index (κ2) is 28.2. The number of amides is 1. The molecular formula is C23H41N5O7S. The topological polar surface area (TPSA) is 153 Å². The smallest absolute Gasteiger partial charge is 0.407 e. The molecule has 0 aliphatic carbocycles. The number of cyclic esters (lactones) is 1. The molecule has 2 fully saturated rings. The van der Waals surface area contributed by atoms with E-state index < -0.39 is 0 Å². The lowest BCUT2D eigenvalue weighted by Gasteiger charge is -1.92. The summed E-state index contributed by atoms with van der Waals surface area (Å²) in [5.74, 6) is 0.833. The summed E-state index contributed by atoms with van der Waals surface area (Å²) in [6.07, 6.45) is 10.7. The molecule has 0 saturated carbocycles. The average molecular weight is 532 g/mol. The van der Waals surface area contributed by atoms with Crippen molar-refractivity contribution in [2.24, 2.45) is 4.99 Å². The number of carbonyl (C=O) groups is 1. The SMILES string of the molecule is C1COCN1.C=CCC1=NCCO1.CCCCC.O=C1NCCO1.O=c1cco[nH]1.S.c1cnoc1. The van der Waals surface area contributed by atoms with Crippen LogP contribution < -0.4 is 16.2 Å². The zero-order valence-corrected chi connectivity index (χ0v) is 22.2. The van der Waals surface area contributed by atoms with Gasteiger partial charge in [-0.2, -0.15) is 18.7 Å². The van der Waals surface area contributed by atoms with Crippen LogP contribution in [0.2, 0.25) is 0 Å². The van der Waals surface area contributed by atoms with Gasteiger partial charge in [0.25, 0.3) is 5.56 Å². The van der Waals surface area contributed by atoms with Gasteiger partial charge in [0.15, 0.2) is 5.90 Å². The van der Waals surface area contributed by atoms with E-state index in [1.54, 1.807) is 18.3 Å². The highest BCUT2D eigenvalue weighted by molar-refractivity contribution is 7.59. The zero-order chi connectivity index (χ0) is 25.8. The molecule has 206 valence electrons. The molecule has 0 spiro atoms. The lowest BCUT2D eigenvalue weighted by atomic mass is 10.3. The van der Waals surface area contributed by atoms with E-state index >= 15 is 0 Å². The lowest BCUT2D eigenvalue weighted by molar-refractivity contribution is 0.178. The number of hydrogen-bond acceptors (Lipinski definition) is 10. The number of nitrogens with one attached hydrogen (secondary N) is 3. The van der Waals surface area contributed by atoms with Crippen LogP contribution in [0.3, 0.4) is 0 Å². The predicted octanol–water partition coefficient (Wildman–Crippen LogP) is 3.23. The Morgan fingerprint density at radius 3 is 2.11 bits per heavy atom. The third kappa shape index (κ3) is 25.6. The van der Waals surface area contributed by atoms with E-state index in [4.69, 9.17) is 9.47 Å². The van der Waals surface area contributed by atoms with Gasteiger partial charge in [-0.1, -0.05) is 44.3 Å². The van der Waals surface area contributed by atoms with Crippen LogP contribution >= 0.6 is 13.5 Å². The van der Waals surface area contributed by atoms with Crippen LogP contribution in [0.4, 0.5) is 4.79 Å². The minimum absolute atomic E-state index is 0. The molecule has 0 aromatic carbocycles. The molecule has 0 unspecified atom stereocenters. The van der Waals surface area contributed by atoms with Crippen molar-refractivity contribution in [3.8, 4) is 0 Å². The Kier molecular flexibility index (Phi) is 27.5. The summed E-state index contributed by atoms with van der Waals surface area (Å²) >= 11 is 0. The Morgan fingerprint density at radius 1 is 1.08 bits per heavy atom. The molecule has 1 amide bonds. The molecule has 0 radical (unpaired) electrons. The van der Waals surface area contributed by atoms with E-state index in [-0.39, 0.29) is 25.1 Å². The maximum atomic E-state index is 9.92. The summed E-state index contributed by atoms with van der Waals surface area (Å²) < 4.78 is 22.9. The molecule has 5 rings (SSSR count). The van der Waals surface area contributed by atoms with E-state index in [9.17, 15) is 9.59 Å². The summed E-state index contributed by atoms with van der Waals surface area (Å²) in [5.41, 5.74) is -0.199. The average Bonchev–Trinajstić information content (AvgIpc) is 3.69. The Hall–Kier alpha value is -3.03. The van der Waals surface area contributed by atoms with E-state index in [0.717, 1.165) is 45.4 Å². The van der Waals surface area contributed by atoms with Gasteiger partial charge < -0.3 is 28.6 Å². The zero-order valence-electron chi connectivity index (χ0n) is 21.2. The van der Waals surface area contributed by atoms with Crippen LogP contribution in [-0.4, -0.2) is 68.5 Å². The number of aromatic amines is 1. The number of ether oxygens (including phenoxy) is 3. The van der Waals surface area contributed by atoms with Crippen LogP contribution in [0, 0.1) is 0 Å². The van der Waals surface area contributed by atoms with E-state index in [1.165, 1.54) is 37.9 Å². The quantitative estimate of drug-likeness (QED) is 0.505. The van der Waals surface area contributed by atoms with Crippen molar-refractivity contribution in [1.29, 1.82) is 0 Å². The van der Waals surface area contributed by atoms with Crippen molar-refractivity contribution in [3.05, 3.63) is 53.9 Å². The normalized spacial score (nSPS) is 14.2. The van der Waals surface area contributed by atoms with Crippen LogP contribution in [0.25, 0.3) is 0 Å². The predicted molar refractivity (Wildman–Crippen MR) is 143 cm³/mol. The Labute approximate surface area is 219 Å². The molecule has 13 heteroatoms. The third-order valence-corrected chi connectivity index (χ3v) is 3.70. The summed E-state index contributed by atoms with van der Waals surface area (Å²) in [6.45, 7) is 13.4. The first-order chi connectivity index (χ1) is 17.1. The van der Waals surface area contributed by atoms with Gasteiger partial charge in [0, 0.05) is 19.0 Å². The van der Waals surface area contributed by atoms with Crippen molar-refractivity contribution in [2.75, 3.05) is 46.2 Å². The number of nitrogens with zero attached hydrogens (tertiary/aromatic N) is 2.